The van der Waals surface area contributed by atoms with E-state index in [0.717, 1.165) is 44.9 Å². The van der Waals surface area contributed by atoms with E-state index >= 15 is 0 Å². The molecule has 0 heterocycles. The second kappa shape index (κ2) is 32.8. The molecule has 9 heteroatoms. The summed E-state index contributed by atoms with van der Waals surface area (Å²) in [6.45, 7) is 9.61. The van der Waals surface area contributed by atoms with Crippen LogP contribution in [0.1, 0.15) is 175 Å². The summed E-state index contributed by atoms with van der Waals surface area (Å²) < 4.78 is 16.5. The number of unbranched alkanes of at least 4 members (excludes halogenated alkanes) is 17. The van der Waals surface area contributed by atoms with Crippen LogP contribution >= 0.6 is 0 Å². The maximum Gasteiger partial charge on any atom is 0.322 e. The Hall–Kier alpha value is -1.71. The minimum absolute atomic E-state index is 0.00377. The molecule has 0 fully saturated rings. The predicted octanol–water partition coefficient (Wildman–Crippen LogP) is 8.03. The van der Waals surface area contributed by atoms with Crippen molar-refractivity contribution in [1.82, 2.24) is 4.90 Å². The molecule has 0 aliphatic rings. The Labute approximate surface area is 288 Å². The number of hydrogen-bond acceptors (Lipinski definition) is 9. The van der Waals surface area contributed by atoms with Crippen LogP contribution in [0, 0.1) is 0 Å². The van der Waals surface area contributed by atoms with Crippen LogP contribution in [0.3, 0.4) is 0 Å². The second-order valence-corrected chi connectivity index (χ2v) is 13.4. The van der Waals surface area contributed by atoms with Gasteiger partial charge in [-0.15, -0.1) is 0 Å². The molecule has 0 saturated heterocycles. The summed E-state index contributed by atoms with van der Waals surface area (Å²) in [6, 6.07) is -0.653. The van der Waals surface area contributed by atoms with Gasteiger partial charge in [0.2, 0.25) is 0 Å². The highest BCUT2D eigenvalue weighted by Gasteiger charge is 2.22. The van der Waals surface area contributed by atoms with Crippen molar-refractivity contribution in [1.29, 1.82) is 0 Å². The Morgan fingerprint density at radius 3 is 1.62 bits per heavy atom. The van der Waals surface area contributed by atoms with E-state index in [1.54, 1.807) is 13.8 Å². The number of nitrogens with two attached hydrogens (primary N) is 1. The zero-order valence-corrected chi connectivity index (χ0v) is 31.0. The lowest BCUT2D eigenvalue weighted by atomic mass is 10.1. The second-order valence-electron chi connectivity index (χ2n) is 13.4. The van der Waals surface area contributed by atoms with Crippen molar-refractivity contribution in [3.8, 4) is 0 Å². The summed E-state index contributed by atoms with van der Waals surface area (Å²) in [5, 5.41) is 10.2. The fraction of sp³-hybridized carbons (Fsp3) is 0.921. The fourth-order valence-electron chi connectivity index (χ4n) is 5.77. The molecule has 3 atom stereocenters. The maximum absolute atomic E-state index is 12.8. The lowest BCUT2D eigenvalue weighted by molar-refractivity contribution is -0.160. The van der Waals surface area contributed by atoms with E-state index in [4.69, 9.17) is 19.9 Å². The van der Waals surface area contributed by atoms with Gasteiger partial charge in [0.05, 0.1) is 12.7 Å². The highest BCUT2D eigenvalue weighted by atomic mass is 16.6. The standard InChI is InChI=1S/C38H74N2O7/c1-5-8-10-12-14-16-18-20-22-27-36(42)46-32-34(47-37(43)28-23-21-19-17-15-13-11-9-6-2)31-40(30-33(4)41)29-25-24-26-35(39)38(44)45-7-3/h33-35,41H,5-32,39H2,1-4H3. The number of esters is 3. The number of hydrogen-bond donors (Lipinski definition) is 2. The highest BCUT2D eigenvalue weighted by Crippen LogP contribution is 2.14. The Morgan fingerprint density at radius 1 is 0.638 bits per heavy atom. The smallest absolute Gasteiger partial charge is 0.322 e. The predicted molar refractivity (Wildman–Crippen MR) is 191 cm³/mol. The molecule has 0 aromatic heterocycles. The van der Waals surface area contributed by atoms with Gasteiger partial charge in [0, 0.05) is 25.9 Å². The number of carbonyl (C=O) groups is 3. The molecule has 0 spiro atoms. The fourth-order valence-corrected chi connectivity index (χ4v) is 5.77. The first kappa shape index (κ1) is 45.3. The summed E-state index contributed by atoms with van der Waals surface area (Å²) in [5.74, 6) is -0.926. The first-order valence-electron chi connectivity index (χ1n) is 19.4. The van der Waals surface area contributed by atoms with E-state index in [1.165, 1.54) is 77.0 Å². The average molecular weight is 671 g/mol. The van der Waals surface area contributed by atoms with E-state index in [9.17, 15) is 19.5 Å². The summed E-state index contributed by atoms with van der Waals surface area (Å²) in [7, 11) is 0. The van der Waals surface area contributed by atoms with Crippen molar-refractivity contribution >= 4 is 17.9 Å². The zero-order valence-electron chi connectivity index (χ0n) is 31.0. The normalized spacial score (nSPS) is 13.3. The monoisotopic (exact) mass is 671 g/mol. The van der Waals surface area contributed by atoms with Crippen molar-refractivity contribution in [2.75, 3.05) is 32.8 Å². The topological polar surface area (TPSA) is 128 Å². The van der Waals surface area contributed by atoms with Gasteiger partial charge in [0.25, 0.3) is 0 Å². The lowest BCUT2D eigenvalue weighted by Crippen LogP contribution is -2.42. The van der Waals surface area contributed by atoms with Gasteiger partial charge in [-0.25, -0.2) is 0 Å². The average Bonchev–Trinajstić information content (AvgIpc) is 3.03. The van der Waals surface area contributed by atoms with Crippen LogP contribution in [0.25, 0.3) is 0 Å². The van der Waals surface area contributed by atoms with Crippen LogP contribution in [0.4, 0.5) is 0 Å². The van der Waals surface area contributed by atoms with Crippen LogP contribution in [0.5, 0.6) is 0 Å². The van der Waals surface area contributed by atoms with Crippen LogP contribution in [0.2, 0.25) is 0 Å². The first-order valence-corrected chi connectivity index (χ1v) is 19.4. The van der Waals surface area contributed by atoms with Gasteiger partial charge in [-0.3, -0.25) is 19.3 Å². The van der Waals surface area contributed by atoms with Crippen LogP contribution in [-0.2, 0) is 28.6 Å². The number of carbonyl (C=O) groups excluding carboxylic acids is 3. The van der Waals surface area contributed by atoms with Crippen LogP contribution in [-0.4, -0.2) is 79.0 Å². The molecule has 3 N–H and O–H groups in total. The molecule has 0 bridgehead atoms. The van der Waals surface area contributed by atoms with Gasteiger partial charge in [-0.1, -0.05) is 123 Å². The number of aliphatic hydroxyl groups excluding tert-OH is 1. The van der Waals surface area contributed by atoms with Gasteiger partial charge < -0.3 is 25.1 Å². The Bertz CT molecular complexity index is 750. The molecule has 0 aromatic carbocycles. The van der Waals surface area contributed by atoms with E-state index in [-0.39, 0.29) is 18.5 Å². The molecule has 0 aliphatic carbocycles. The zero-order chi connectivity index (χ0) is 35.0. The van der Waals surface area contributed by atoms with Gasteiger partial charge in [-0.2, -0.15) is 0 Å². The van der Waals surface area contributed by atoms with E-state index < -0.39 is 24.2 Å². The molecule has 47 heavy (non-hydrogen) atoms. The Morgan fingerprint density at radius 2 is 1.13 bits per heavy atom. The van der Waals surface area contributed by atoms with Crippen molar-refractivity contribution in [3.63, 3.8) is 0 Å². The van der Waals surface area contributed by atoms with Gasteiger partial charge in [-0.05, 0) is 46.1 Å². The molecule has 0 saturated carbocycles. The molecule has 0 aliphatic heterocycles. The van der Waals surface area contributed by atoms with Crippen molar-refractivity contribution < 1.29 is 33.7 Å². The third-order valence-electron chi connectivity index (χ3n) is 8.51. The molecular formula is C38H74N2O7. The molecule has 9 nitrogen and oxygen atoms in total. The molecule has 0 amide bonds. The molecule has 0 rings (SSSR count). The van der Waals surface area contributed by atoms with E-state index in [0.29, 0.717) is 51.9 Å². The SMILES string of the molecule is CCCCCCCCCCCC(=O)OCC(CN(CCCCC(N)C(=O)OCC)CC(C)O)OC(=O)CCCCCCCCCCC. The minimum atomic E-state index is -0.653. The van der Waals surface area contributed by atoms with Gasteiger partial charge >= 0.3 is 17.9 Å². The molecule has 3 unspecified atom stereocenters. The third kappa shape index (κ3) is 30.1. The Kier molecular flexibility index (Phi) is 31.6. The molecule has 0 radical (unpaired) electrons. The van der Waals surface area contributed by atoms with E-state index in [1.807, 2.05) is 4.90 Å². The van der Waals surface area contributed by atoms with Gasteiger partial charge in [0.1, 0.15) is 18.8 Å². The quantitative estimate of drug-likeness (QED) is 0.0397. The van der Waals surface area contributed by atoms with Gasteiger partial charge in [0.15, 0.2) is 0 Å². The summed E-state index contributed by atoms with van der Waals surface area (Å²) in [6.07, 6.45) is 22.6. The lowest BCUT2D eigenvalue weighted by Gasteiger charge is -2.28. The Balaban J connectivity index is 4.85. The van der Waals surface area contributed by atoms with Crippen molar-refractivity contribution in [3.05, 3.63) is 0 Å². The largest absolute Gasteiger partial charge is 0.465 e. The summed E-state index contributed by atoms with van der Waals surface area (Å²) in [4.78, 5) is 39.3. The number of nitrogens with zero attached hydrogens (tertiary/aromatic N) is 1. The highest BCUT2D eigenvalue weighted by molar-refractivity contribution is 5.75. The maximum atomic E-state index is 12.8. The van der Waals surface area contributed by atoms with Crippen LogP contribution in [0.15, 0.2) is 0 Å². The number of ether oxygens (including phenoxy) is 3. The minimum Gasteiger partial charge on any atom is -0.465 e. The molecule has 278 valence electrons. The summed E-state index contributed by atoms with van der Waals surface area (Å²) >= 11 is 0. The van der Waals surface area contributed by atoms with E-state index in [2.05, 4.69) is 13.8 Å². The molecule has 0 aromatic rings. The van der Waals surface area contributed by atoms with Crippen LogP contribution < -0.4 is 5.73 Å². The summed E-state index contributed by atoms with van der Waals surface area (Å²) in [5.41, 5.74) is 5.94. The van der Waals surface area contributed by atoms with Crippen molar-refractivity contribution in [2.45, 2.75) is 194 Å². The number of aliphatic hydroxyl groups is 1. The van der Waals surface area contributed by atoms with Crippen molar-refractivity contribution in [2.24, 2.45) is 5.73 Å². The third-order valence-corrected chi connectivity index (χ3v) is 8.51. The first-order chi connectivity index (χ1) is 22.7. The number of rotatable bonds is 34. The molecular weight excluding hydrogens is 596 g/mol.